The van der Waals surface area contributed by atoms with Crippen molar-refractivity contribution in [2.24, 2.45) is 0 Å². The van der Waals surface area contributed by atoms with E-state index in [2.05, 4.69) is 0 Å². The molecule has 19 heavy (non-hydrogen) atoms. The first-order chi connectivity index (χ1) is 8.97. The van der Waals surface area contributed by atoms with Crippen LogP contribution in [0.5, 0.6) is 0 Å². The van der Waals surface area contributed by atoms with E-state index in [1.165, 1.54) is 12.1 Å². The van der Waals surface area contributed by atoms with Crippen LogP contribution in [-0.2, 0) is 6.42 Å². The molecule has 2 aromatic rings. The van der Waals surface area contributed by atoms with Crippen molar-refractivity contribution < 1.29 is 9.18 Å². The topological polar surface area (TPSA) is 17.1 Å². The second-order valence-corrected chi connectivity index (χ2v) is 5.16. The number of ketones is 1. The summed E-state index contributed by atoms with van der Waals surface area (Å²) in [7, 11) is 0. The van der Waals surface area contributed by atoms with Crippen molar-refractivity contribution in [1.29, 1.82) is 0 Å². The maximum absolute atomic E-state index is 13.7. The SMILES string of the molecule is Cc1ccc(C(=O)Cc2ccc(Cl)cc2Cl)c(F)c1. The molecule has 0 radical (unpaired) electrons. The fourth-order valence-electron chi connectivity index (χ4n) is 1.78. The fraction of sp³-hybridized carbons (Fsp3) is 0.133. The molecule has 0 fully saturated rings. The van der Waals surface area contributed by atoms with Crippen LogP contribution in [0, 0.1) is 12.7 Å². The van der Waals surface area contributed by atoms with Crippen LogP contribution in [-0.4, -0.2) is 5.78 Å². The lowest BCUT2D eigenvalue weighted by Gasteiger charge is -2.06. The van der Waals surface area contributed by atoms with Gasteiger partial charge in [0, 0.05) is 16.5 Å². The third-order valence-electron chi connectivity index (χ3n) is 2.79. The van der Waals surface area contributed by atoms with Gasteiger partial charge in [-0.2, -0.15) is 0 Å². The van der Waals surface area contributed by atoms with Crippen molar-refractivity contribution in [3.8, 4) is 0 Å². The second-order valence-electron chi connectivity index (χ2n) is 4.32. The summed E-state index contributed by atoms with van der Waals surface area (Å²) in [5, 5.41) is 0.913. The average Bonchev–Trinajstić information content (AvgIpc) is 2.32. The van der Waals surface area contributed by atoms with Crippen molar-refractivity contribution in [2.75, 3.05) is 0 Å². The Balaban J connectivity index is 2.25. The zero-order valence-corrected chi connectivity index (χ0v) is 11.7. The number of rotatable bonds is 3. The van der Waals surface area contributed by atoms with E-state index in [9.17, 15) is 9.18 Å². The van der Waals surface area contributed by atoms with Gasteiger partial charge in [-0.25, -0.2) is 4.39 Å². The normalized spacial score (nSPS) is 10.5. The van der Waals surface area contributed by atoms with Crippen LogP contribution in [0.4, 0.5) is 4.39 Å². The Morgan fingerprint density at radius 1 is 1.16 bits per heavy atom. The Morgan fingerprint density at radius 2 is 1.89 bits per heavy atom. The Morgan fingerprint density at radius 3 is 2.53 bits per heavy atom. The number of carbonyl (C=O) groups excluding carboxylic acids is 1. The number of benzene rings is 2. The van der Waals surface area contributed by atoms with E-state index < -0.39 is 5.82 Å². The third-order valence-corrected chi connectivity index (χ3v) is 3.38. The Kier molecular flexibility index (Phi) is 4.23. The molecule has 0 unspecified atom stereocenters. The van der Waals surface area contributed by atoms with E-state index in [0.717, 1.165) is 5.56 Å². The van der Waals surface area contributed by atoms with Gasteiger partial charge in [0.1, 0.15) is 5.82 Å². The summed E-state index contributed by atoms with van der Waals surface area (Å²) in [6.07, 6.45) is 0.0516. The van der Waals surface area contributed by atoms with Crippen LogP contribution in [0.25, 0.3) is 0 Å². The van der Waals surface area contributed by atoms with Crippen LogP contribution in [0.15, 0.2) is 36.4 Å². The third kappa shape index (κ3) is 3.34. The van der Waals surface area contributed by atoms with Crippen LogP contribution in [0.3, 0.4) is 0 Å². The molecule has 0 amide bonds. The minimum Gasteiger partial charge on any atom is -0.294 e. The van der Waals surface area contributed by atoms with E-state index in [1.807, 2.05) is 0 Å². The van der Waals surface area contributed by atoms with Gasteiger partial charge in [-0.3, -0.25) is 4.79 Å². The number of halogens is 3. The minimum absolute atomic E-state index is 0.0516. The molecule has 0 aliphatic rings. The van der Waals surface area contributed by atoms with E-state index in [-0.39, 0.29) is 17.8 Å². The van der Waals surface area contributed by atoms with Crippen molar-refractivity contribution >= 4 is 29.0 Å². The van der Waals surface area contributed by atoms with E-state index in [4.69, 9.17) is 23.2 Å². The quantitative estimate of drug-likeness (QED) is 0.739. The van der Waals surface area contributed by atoms with Gasteiger partial charge in [0.2, 0.25) is 0 Å². The summed E-state index contributed by atoms with van der Waals surface area (Å²) >= 11 is 11.8. The predicted octanol–water partition coefficient (Wildman–Crippen LogP) is 4.87. The highest BCUT2D eigenvalue weighted by Gasteiger charge is 2.14. The highest BCUT2D eigenvalue weighted by atomic mass is 35.5. The molecule has 2 aromatic carbocycles. The van der Waals surface area contributed by atoms with E-state index >= 15 is 0 Å². The van der Waals surface area contributed by atoms with Crippen LogP contribution >= 0.6 is 23.2 Å². The highest BCUT2D eigenvalue weighted by Crippen LogP contribution is 2.23. The Labute approximate surface area is 121 Å². The molecule has 0 bridgehead atoms. The lowest BCUT2D eigenvalue weighted by atomic mass is 10.0. The first-order valence-electron chi connectivity index (χ1n) is 5.70. The monoisotopic (exact) mass is 296 g/mol. The van der Waals surface area contributed by atoms with Crippen LogP contribution < -0.4 is 0 Å². The maximum atomic E-state index is 13.7. The first-order valence-corrected chi connectivity index (χ1v) is 6.46. The number of Topliss-reactive ketones (excluding diaryl/α,β-unsaturated/α-hetero) is 1. The smallest absolute Gasteiger partial charge is 0.170 e. The largest absolute Gasteiger partial charge is 0.294 e. The van der Waals surface area contributed by atoms with Gasteiger partial charge in [-0.15, -0.1) is 0 Å². The minimum atomic E-state index is -0.505. The number of hydrogen-bond acceptors (Lipinski definition) is 1. The van der Waals surface area contributed by atoms with Crippen molar-refractivity contribution in [1.82, 2.24) is 0 Å². The molecule has 0 spiro atoms. The molecule has 4 heteroatoms. The zero-order valence-electron chi connectivity index (χ0n) is 10.2. The molecule has 0 N–H and O–H groups in total. The van der Waals surface area contributed by atoms with Crippen LogP contribution in [0.1, 0.15) is 21.5 Å². The summed E-state index contributed by atoms with van der Waals surface area (Å²) in [6, 6.07) is 9.45. The van der Waals surface area contributed by atoms with Gasteiger partial charge in [0.25, 0.3) is 0 Å². The molecular weight excluding hydrogens is 286 g/mol. The van der Waals surface area contributed by atoms with Gasteiger partial charge in [-0.05, 0) is 42.3 Å². The molecule has 0 saturated heterocycles. The van der Waals surface area contributed by atoms with Gasteiger partial charge in [0.15, 0.2) is 5.78 Å². The van der Waals surface area contributed by atoms with E-state index in [1.54, 1.807) is 31.2 Å². The number of carbonyl (C=O) groups is 1. The fourth-order valence-corrected chi connectivity index (χ4v) is 2.25. The predicted molar refractivity (Wildman–Crippen MR) is 75.6 cm³/mol. The Hall–Kier alpha value is -1.38. The van der Waals surface area contributed by atoms with E-state index in [0.29, 0.717) is 15.6 Å². The summed E-state index contributed by atoms with van der Waals surface area (Å²) in [6.45, 7) is 1.77. The Bertz CT molecular complexity index is 638. The molecule has 0 heterocycles. The standard InChI is InChI=1S/C15H11Cl2FO/c1-9-2-5-12(14(18)6-9)15(19)7-10-3-4-11(16)8-13(10)17/h2-6,8H,7H2,1H3. The van der Waals surface area contributed by atoms with Crippen LogP contribution in [0.2, 0.25) is 10.0 Å². The molecular formula is C15H11Cl2FO. The van der Waals surface area contributed by atoms with Gasteiger partial charge in [0.05, 0.1) is 5.56 Å². The highest BCUT2D eigenvalue weighted by molar-refractivity contribution is 6.35. The van der Waals surface area contributed by atoms with Gasteiger partial charge in [-0.1, -0.05) is 35.3 Å². The van der Waals surface area contributed by atoms with Crippen molar-refractivity contribution in [2.45, 2.75) is 13.3 Å². The first kappa shape index (κ1) is 14.0. The molecule has 2 rings (SSSR count). The maximum Gasteiger partial charge on any atom is 0.170 e. The van der Waals surface area contributed by atoms with Crippen molar-refractivity contribution in [3.63, 3.8) is 0 Å². The molecule has 0 saturated carbocycles. The summed E-state index contributed by atoms with van der Waals surface area (Å²) in [4.78, 5) is 12.1. The molecule has 98 valence electrons. The zero-order chi connectivity index (χ0) is 14.0. The summed E-state index contributed by atoms with van der Waals surface area (Å²) in [5.74, 6) is -0.809. The number of hydrogen-bond donors (Lipinski definition) is 0. The molecule has 1 nitrogen and oxygen atoms in total. The summed E-state index contributed by atoms with van der Waals surface area (Å²) < 4.78 is 13.7. The van der Waals surface area contributed by atoms with Crippen molar-refractivity contribution in [3.05, 3.63) is 69.0 Å². The number of aryl methyl sites for hydroxylation is 1. The molecule has 0 aromatic heterocycles. The summed E-state index contributed by atoms with van der Waals surface area (Å²) in [5.41, 5.74) is 1.49. The van der Waals surface area contributed by atoms with Gasteiger partial charge >= 0.3 is 0 Å². The lowest BCUT2D eigenvalue weighted by molar-refractivity contribution is 0.0989. The lowest BCUT2D eigenvalue weighted by Crippen LogP contribution is -2.06. The molecule has 0 atom stereocenters. The van der Waals surface area contributed by atoms with Gasteiger partial charge < -0.3 is 0 Å². The second kappa shape index (κ2) is 5.72. The molecule has 0 aliphatic carbocycles. The molecule has 0 aliphatic heterocycles. The average molecular weight is 297 g/mol.